The van der Waals surface area contributed by atoms with Gasteiger partial charge in [-0.1, -0.05) is 19.0 Å². The first-order valence-corrected chi connectivity index (χ1v) is 12.0. The van der Waals surface area contributed by atoms with Gasteiger partial charge in [0.15, 0.2) is 20.9 Å². The van der Waals surface area contributed by atoms with Crippen LogP contribution >= 0.6 is 0 Å². The summed E-state index contributed by atoms with van der Waals surface area (Å²) in [5, 5.41) is 3.88. The molecule has 32 heavy (non-hydrogen) atoms. The van der Waals surface area contributed by atoms with E-state index < -0.39 is 50.7 Å². The zero-order valence-electron chi connectivity index (χ0n) is 18.7. The standard InChI is InChI=1S/C20H30F3NO7S/c1-18(2,13-29-15-8-5-6-10-28-15)14-12-16(31-24-14)30-17(25)19(3,4)32(26,27)11-7-9-20(21,22)23/h12,15H,5-11,13H2,1-4H3. The highest BCUT2D eigenvalue weighted by molar-refractivity contribution is 7.93. The van der Waals surface area contributed by atoms with Crippen molar-refractivity contribution >= 4 is 15.8 Å². The van der Waals surface area contributed by atoms with Crippen LogP contribution in [0.25, 0.3) is 0 Å². The van der Waals surface area contributed by atoms with Crippen LogP contribution in [0.4, 0.5) is 13.2 Å². The van der Waals surface area contributed by atoms with E-state index in [9.17, 15) is 26.4 Å². The van der Waals surface area contributed by atoms with Gasteiger partial charge in [0.1, 0.15) is 0 Å². The number of hydrogen-bond acceptors (Lipinski definition) is 8. The quantitative estimate of drug-likeness (QED) is 0.459. The molecule has 12 heteroatoms. The second kappa shape index (κ2) is 10.1. The number of sulfone groups is 1. The minimum Gasteiger partial charge on any atom is -0.390 e. The van der Waals surface area contributed by atoms with E-state index in [1.54, 1.807) is 0 Å². The van der Waals surface area contributed by atoms with Gasteiger partial charge in [-0.15, -0.1) is 0 Å². The van der Waals surface area contributed by atoms with E-state index in [1.807, 2.05) is 13.8 Å². The first-order chi connectivity index (χ1) is 14.6. The number of alkyl halides is 3. The average Bonchev–Trinajstić information content (AvgIpc) is 3.15. The summed E-state index contributed by atoms with van der Waals surface area (Å²) in [7, 11) is -4.21. The third kappa shape index (κ3) is 7.17. The second-order valence-electron chi connectivity index (χ2n) is 8.96. The van der Waals surface area contributed by atoms with E-state index in [2.05, 4.69) is 5.16 Å². The molecule has 0 spiro atoms. The SMILES string of the molecule is CC(C)(COC1CCCCO1)c1cc(OC(=O)C(C)(C)S(=O)(=O)CCCC(F)(F)F)on1. The molecule has 1 aliphatic rings. The summed E-state index contributed by atoms with van der Waals surface area (Å²) in [4.78, 5) is 12.5. The highest BCUT2D eigenvalue weighted by Crippen LogP contribution is 2.30. The summed E-state index contributed by atoms with van der Waals surface area (Å²) in [6, 6.07) is 1.36. The molecule has 0 N–H and O–H groups in total. The third-order valence-electron chi connectivity index (χ3n) is 5.29. The van der Waals surface area contributed by atoms with E-state index in [0.29, 0.717) is 12.3 Å². The molecule has 0 amide bonds. The zero-order chi connectivity index (χ0) is 24.2. The van der Waals surface area contributed by atoms with Gasteiger partial charge in [-0.3, -0.25) is 0 Å². The van der Waals surface area contributed by atoms with Crippen LogP contribution in [0.5, 0.6) is 5.95 Å². The molecule has 2 rings (SSSR count). The smallest absolute Gasteiger partial charge is 0.389 e. The minimum absolute atomic E-state index is 0.261. The van der Waals surface area contributed by atoms with Crippen molar-refractivity contribution in [1.82, 2.24) is 5.16 Å². The van der Waals surface area contributed by atoms with E-state index in [-0.39, 0.29) is 18.8 Å². The highest BCUT2D eigenvalue weighted by Gasteiger charge is 2.44. The highest BCUT2D eigenvalue weighted by atomic mass is 32.2. The maximum absolute atomic E-state index is 12.5. The number of carbonyl (C=O) groups is 1. The Hall–Kier alpha value is -1.66. The Morgan fingerprint density at radius 3 is 2.50 bits per heavy atom. The van der Waals surface area contributed by atoms with Crippen molar-refractivity contribution < 1.29 is 45.1 Å². The van der Waals surface area contributed by atoms with Crippen LogP contribution in [-0.2, 0) is 29.5 Å². The molecule has 0 saturated carbocycles. The summed E-state index contributed by atoms with van der Waals surface area (Å²) in [5.41, 5.74) is -0.198. The predicted octanol–water partition coefficient (Wildman–Crippen LogP) is 3.94. The molecular weight excluding hydrogens is 455 g/mol. The molecule has 1 aliphatic heterocycles. The normalized spacial score (nSPS) is 18.5. The first kappa shape index (κ1) is 26.6. The van der Waals surface area contributed by atoms with Crippen molar-refractivity contribution in [2.75, 3.05) is 19.0 Å². The summed E-state index contributed by atoms with van der Waals surface area (Å²) in [6.07, 6.45) is -3.87. The van der Waals surface area contributed by atoms with Crippen LogP contribution in [0, 0.1) is 0 Å². The molecule has 1 saturated heterocycles. The number of hydrogen-bond donors (Lipinski definition) is 0. The minimum atomic E-state index is -4.48. The van der Waals surface area contributed by atoms with E-state index in [4.69, 9.17) is 18.7 Å². The van der Waals surface area contributed by atoms with Gasteiger partial charge < -0.3 is 18.7 Å². The Balaban J connectivity index is 1.97. The Labute approximate surface area is 185 Å². The molecule has 0 aliphatic carbocycles. The molecule has 0 bridgehead atoms. The summed E-state index contributed by atoms with van der Waals surface area (Å²) >= 11 is 0. The second-order valence-corrected chi connectivity index (χ2v) is 11.6. The molecule has 184 valence electrons. The number of ether oxygens (including phenoxy) is 3. The molecule has 1 atom stereocenters. The maximum atomic E-state index is 12.5. The summed E-state index contributed by atoms with van der Waals surface area (Å²) in [5.74, 6) is -2.29. The molecule has 1 unspecified atom stereocenters. The van der Waals surface area contributed by atoms with Crippen LogP contribution in [0.1, 0.15) is 65.5 Å². The summed E-state index contributed by atoms with van der Waals surface area (Å²) in [6.45, 7) is 6.75. The third-order valence-corrected chi connectivity index (χ3v) is 7.83. The molecule has 1 fully saturated rings. The van der Waals surface area contributed by atoms with Crippen LogP contribution in [-0.4, -0.2) is 55.7 Å². The van der Waals surface area contributed by atoms with Gasteiger partial charge in [0.25, 0.3) is 0 Å². The van der Waals surface area contributed by atoms with Crippen LogP contribution in [0.2, 0.25) is 0 Å². The van der Waals surface area contributed by atoms with Gasteiger partial charge in [0.2, 0.25) is 0 Å². The Morgan fingerprint density at radius 1 is 1.22 bits per heavy atom. The van der Waals surface area contributed by atoms with Gasteiger partial charge in [-0.25, -0.2) is 13.2 Å². The lowest BCUT2D eigenvalue weighted by Crippen LogP contribution is -2.44. The van der Waals surface area contributed by atoms with E-state index in [1.165, 1.54) is 6.07 Å². The fourth-order valence-corrected chi connectivity index (χ4v) is 4.23. The fraction of sp³-hybridized carbons (Fsp3) is 0.800. The fourth-order valence-electron chi connectivity index (χ4n) is 2.90. The Bertz CT molecular complexity index is 872. The number of nitrogens with zero attached hydrogens (tertiary/aromatic N) is 1. The number of carbonyl (C=O) groups excluding carboxylic acids is 1. The lowest BCUT2D eigenvalue weighted by Gasteiger charge is -2.28. The van der Waals surface area contributed by atoms with E-state index in [0.717, 1.165) is 33.1 Å². The topological polar surface area (TPSA) is 105 Å². The van der Waals surface area contributed by atoms with Crippen LogP contribution in [0.3, 0.4) is 0 Å². The van der Waals surface area contributed by atoms with Crippen molar-refractivity contribution in [2.24, 2.45) is 0 Å². The molecule has 2 heterocycles. The number of esters is 1. The van der Waals surface area contributed by atoms with Crippen LogP contribution in [0.15, 0.2) is 10.6 Å². The molecule has 0 radical (unpaired) electrons. The van der Waals surface area contributed by atoms with Gasteiger partial charge in [-0.05, 0) is 39.5 Å². The van der Waals surface area contributed by atoms with E-state index >= 15 is 0 Å². The Morgan fingerprint density at radius 2 is 1.91 bits per heavy atom. The monoisotopic (exact) mass is 485 g/mol. The Kier molecular flexibility index (Phi) is 8.38. The molecule has 1 aromatic heterocycles. The largest absolute Gasteiger partial charge is 0.390 e. The maximum Gasteiger partial charge on any atom is 0.389 e. The average molecular weight is 486 g/mol. The molecular formula is C20H30F3NO7S. The lowest BCUT2D eigenvalue weighted by atomic mass is 9.90. The lowest BCUT2D eigenvalue weighted by molar-refractivity contribution is -0.170. The van der Waals surface area contributed by atoms with Crippen molar-refractivity contribution in [3.05, 3.63) is 11.8 Å². The number of aromatic nitrogens is 1. The van der Waals surface area contributed by atoms with Crippen molar-refractivity contribution in [3.8, 4) is 5.95 Å². The van der Waals surface area contributed by atoms with Crippen molar-refractivity contribution in [2.45, 2.75) is 82.4 Å². The first-order valence-electron chi connectivity index (χ1n) is 10.4. The molecule has 8 nitrogen and oxygen atoms in total. The zero-order valence-corrected chi connectivity index (χ0v) is 19.5. The molecule has 0 aromatic carbocycles. The number of halogens is 3. The van der Waals surface area contributed by atoms with Gasteiger partial charge in [0, 0.05) is 24.5 Å². The molecule has 1 aromatic rings. The van der Waals surface area contributed by atoms with Gasteiger partial charge >= 0.3 is 18.1 Å². The predicted molar refractivity (Wildman–Crippen MR) is 108 cm³/mol. The van der Waals surface area contributed by atoms with Crippen molar-refractivity contribution in [3.63, 3.8) is 0 Å². The van der Waals surface area contributed by atoms with Crippen LogP contribution < -0.4 is 4.74 Å². The van der Waals surface area contributed by atoms with Gasteiger partial charge in [0.05, 0.1) is 18.1 Å². The summed E-state index contributed by atoms with van der Waals surface area (Å²) < 4.78 is 81.1. The number of rotatable bonds is 10. The van der Waals surface area contributed by atoms with Gasteiger partial charge in [-0.2, -0.15) is 13.2 Å². The van der Waals surface area contributed by atoms with Crippen molar-refractivity contribution in [1.29, 1.82) is 0 Å².